The third-order valence-corrected chi connectivity index (χ3v) is 6.54. The highest BCUT2D eigenvalue weighted by atomic mass is 35.5. The number of rotatable bonds is 4. The molecule has 1 N–H and O–H groups in total. The van der Waals surface area contributed by atoms with Crippen LogP contribution in [0.3, 0.4) is 0 Å². The first-order valence-corrected chi connectivity index (χ1v) is 11.7. The minimum Gasteiger partial charge on any atom is -0.449 e. The molecule has 0 fully saturated rings. The molecule has 1 aliphatic heterocycles. The average molecular weight is 477 g/mol. The molecule has 0 aromatic heterocycles. The van der Waals surface area contributed by atoms with Crippen LogP contribution in [-0.4, -0.2) is 5.11 Å². The molecule has 6 rings (SSSR count). The fourth-order valence-electron chi connectivity index (χ4n) is 4.66. The number of ether oxygens (including phenoxy) is 2. The minimum atomic E-state index is -1.39. The van der Waals surface area contributed by atoms with Gasteiger partial charge in [-0.25, -0.2) is 0 Å². The molecule has 35 heavy (non-hydrogen) atoms. The van der Waals surface area contributed by atoms with Crippen molar-refractivity contribution in [2.75, 3.05) is 0 Å². The maximum atomic E-state index is 12.5. The molecule has 1 heterocycles. The second kappa shape index (κ2) is 8.62. The van der Waals surface area contributed by atoms with E-state index >= 15 is 0 Å². The van der Waals surface area contributed by atoms with Gasteiger partial charge in [-0.15, -0.1) is 0 Å². The molecular weight excluding hydrogens is 456 g/mol. The number of aliphatic hydroxyl groups is 1. The molecule has 5 aromatic carbocycles. The number of benzene rings is 5. The molecule has 0 radical (unpaired) electrons. The van der Waals surface area contributed by atoms with Gasteiger partial charge in [-0.3, -0.25) is 0 Å². The number of hydrogen-bond acceptors (Lipinski definition) is 3. The molecule has 0 aliphatic carbocycles. The zero-order chi connectivity index (χ0) is 23.8. The van der Waals surface area contributed by atoms with Crippen LogP contribution in [0.2, 0.25) is 5.02 Å². The summed E-state index contributed by atoms with van der Waals surface area (Å²) in [6, 6.07) is 38.4. The van der Waals surface area contributed by atoms with Crippen molar-refractivity contribution in [2.24, 2.45) is 0 Å². The molecule has 0 spiro atoms. The molecule has 3 nitrogen and oxygen atoms in total. The maximum absolute atomic E-state index is 12.5. The van der Waals surface area contributed by atoms with Crippen molar-refractivity contribution in [3.63, 3.8) is 0 Å². The first-order chi connectivity index (χ1) is 17.1. The number of hydrogen-bond donors (Lipinski definition) is 1. The van der Waals surface area contributed by atoms with Crippen molar-refractivity contribution in [3.8, 4) is 34.1 Å². The highest BCUT2D eigenvalue weighted by Gasteiger charge is 2.36. The van der Waals surface area contributed by atoms with Gasteiger partial charge in [-0.2, -0.15) is 0 Å². The molecule has 1 aliphatic rings. The first-order valence-electron chi connectivity index (χ1n) is 11.4. The van der Waals surface area contributed by atoms with E-state index < -0.39 is 5.60 Å². The lowest BCUT2D eigenvalue weighted by Crippen LogP contribution is -2.29. The van der Waals surface area contributed by atoms with Gasteiger partial charge in [0.25, 0.3) is 0 Å². The van der Waals surface area contributed by atoms with Crippen LogP contribution < -0.4 is 9.47 Å². The lowest BCUT2D eigenvalue weighted by atomic mass is 9.77. The van der Waals surface area contributed by atoms with Crippen molar-refractivity contribution in [3.05, 3.63) is 143 Å². The fourth-order valence-corrected chi connectivity index (χ4v) is 4.82. The lowest BCUT2D eigenvalue weighted by Gasteiger charge is -2.32. The van der Waals surface area contributed by atoms with Crippen LogP contribution in [-0.2, 0) is 5.60 Å². The van der Waals surface area contributed by atoms with E-state index in [2.05, 4.69) is 0 Å². The van der Waals surface area contributed by atoms with Gasteiger partial charge in [0, 0.05) is 22.2 Å². The van der Waals surface area contributed by atoms with Crippen molar-refractivity contribution in [1.82, 2.24) is 0 Å². The Kier molecular flexibility index (Phi) is 5.29. The van der Waals surface area contributed by atoms with Gasteiger partial charge < -0.3 is 14.6 Å². The monoisotopic (exact) mass is 476 g/mol. The Labute approximate surface area is 208 Å². The Hall–Kier alpha value is -4.05. The van der Waals surface area contributed by atoms with E-state index in [0.29, 0.717) is 28.0 Å². The van der Waals surface area contributed by atoms with Crippen LogP contribution in [0.1, 0.15) is 16.7 Å². The molecule has 0 saturated heterocycles. The second-order valence-electron chi connectivity index (χ2n) is 8.42. The molecule has 5 aromatic rings. The first kappa shape index (κ1) is 21.5. The summed E-state index contributed by atoms with van der Waals surface area (Å²) < 4.78 is 12.5. The van der Waals surface area contributed by atoms with Gasteiger partial charge in [0.1, 0.15) is 5.60 Å². The molecule has 4 heteroatoms. The van der Waals surface area contributed by atoms with Gasteiger partial charge in [0.15, 0.2) is 23.0 Å². The van der Waals surface area contributed by atoms with Gasteiger partial charge >= 0.3 is 0 Å². The van der Waals surface area contributed by atoms with Crippen molar-refractivity contribution in [1.29, 1.82) is 0 Å². The summed E-state index contributed by atoms with van der Waals surface area (Å²) in [5, 5.41) is 13.0. The number of fused-ring (bicyclic) bond motifs is 2. The summed E-state index contributed by atoms with van der Waals surface area (Å²) in [7, 11) is 0. The molecule has 0 unspecified atom stereocenters. The van der Waals surface area contributed by atoms with Gasteiger partial charge in [0.05, 0.1) is 0 Å². The van der Waals surface area contributed by atoms with Gasteiger partial charge in [-0.05, 0) is 34.9 Å². The molecule has 170 valence electrons. The second-order valence-corrected chi connectivity index (χ2v) is 8.85. The van der Waals surface area contributed by atoms with Crippen LogP contribution in [0.4, 0.5) is 0 Å². The van der Waals surface area contributed by atoms with Crippen LogP contribution in [0.5, 0.6) is 23.0 Å². The Balaban J connectivity index is 1.57. The van der Waals surface area contributed by atoms with E-state index in [-0.39, 0.29) is 0 Å². The Morgan fingerprint density at radius 1 is 0.543 bits per heavy atom. The summed E-state index contributed by atoms with van der Waals surface area (Å²) in [5.41, 5.74) is 2.56. The Bertz CT molecular complexity index is 1470. The third kappa shape index (κ3) is 3.66. The summed E-state index contributed by atoms with van der Waals surface area (Å²) in [5.74, 6) is 2.35. The summed E-state index contributed by atoms with van der Waals surface area (Å²) in [6.07, 6.45) is 0. The van der Waals surface area contributed by atoms with E-state index in [0.717, 1.165) is 27.8 Å². The van der Waals surface area contributed by atoms with Crippen molar-refractivity contribution >= 4 is 11.6 Å². The lowest BCUT2D eigenvalue weighted by molar-refractivity contribution is 0.126. The normalized spacial score (nSPS) is 12.2. The smallest absolute Gasteiger partial charge is 0.177 e. The Morgan fingerprint density at radius 2 is 1.17 bits per heavy atom. The molecule has 0 atom stereocenters. The minimum absolute atomic E-state index is 0.552. The summed E-state index contributed by atoms with van der Waals surface area (Å²) in [4.78, 5) is 0. The average Bonchev–Trinajstić information content (AvgIpc) is 2.92. The zero-order valence-electron chi connectivity index (χ0n) is 18.7. The van der Waals surface area contributed by atoms with Crippen molar-refractivity contribution in [2.45, 2.75) is 5.60 Å². The number of halogens is 1. The summed E-state index contributed by atoms with van der Waals surface area (Å²) in [6.45, 7) is 0. The van der Waals surface area contributed by atoms with Gasteiger partial charge in [0.2, 0.25) is 0 Å². The largest absolute Gasteiger partial charge is 0.449 e. The van der Waals surface area contributed by atoms with E-state index in [1.807, 2.05) is 103 Å². The Morgan fingerprint density at radius 3 is 1.89 bits per heavy atom. The number of para-hydroxylation sites is 1. The highest BCUT2D eigenvalue weighted by Crippen LogP contribution is 2.52. The SMILES string of the molecule is OC(c1ccccc1)(c1ccccc1)c1ccccc1-c1cccc2c1Oc1cc(Cl)ccc1O2. The predicted octanol–water partition coefficient (Wildman–Crippen LogP) is 8.19. The van der Waals surface area contributed by atoms with Crippen LogP contribution >= 0.6 is 11.6 Å². The predicted molar refractivity (Wildman–Crippen MR) is 138 cm³/mol. The molecule has 0 saturated carbocycles. The van der Waals surface area contributed by atoms with Crippen LogP contribution in [0.15, 0.2) is 121 Å². The van der Waals surface area contributed by atoms with Crippen LogP contribution in [0, 0.1) is 0 Å². The van der Waals surface area contributed by atoms with E-state index in [4.69, 9.17) is 21.1 Å². The summed E-state index contributed by atoms with van der Waals surface area (Å²) >= 11 is 6.21. The van der Waals surface area contributed by atoms with Crippen LogP contribution in [0.25, 0.3) is 11.1 Å². The van der Waals surface area contributed by atoms with E-state index in [1.54, 1.807) is 18.2 Å². The van der Waals surface area contributed by atoms with Gasteiger partial charge in [-0.1, -0.05) is 109 Å². The van der Waals surface area contributed by atoms with E-state index in [9.17, 15) is 5.11 Å². The molecular formula is C31H21ClO3. The van der Waals surface area contributed by atoms with E-state index in [1.165, 1.54) is 0 Å². The zero-order valence-corrected chi connectivity index (χ0v) is 19.4. The molecule has 0 bridgehead atoms. The molecule has 0 amide bonds. The maximum Gasteiger partial charge on any atom is 0.177 e. The third-order valence-electron chi connectivity index (χ3n) is 6.31. The standard InChI is InChI=1S/C31H21ClO3/c32-23-18-19-27-29(20-23)35-30-25(15-9-17-28(30)34-27)24-14-7-8-16-26(24)31(33,21-10-3-1-4-11-21)22-12-5-2-6-13-22/h1-20,33H. The van der Waals surface area contributed by atoms with Crippen molar-refractivity contribution < 1.29 is 14.6 Å². The quantitative estimate of drug-likeness (QED) is 0.261. The highest BCUT2D eigenvalue weighted by molar-refractivity contribution is 6.30. The topological polar surface area (TPSA) is 38.7 Å². The fraction of sp³-hybridized carbons (Fsp3) is 0.0323.